The molecule has 1 aromatic heterocycles. The van der Waals surface area contributed by atoms with Gasteiger partial charge in [0, 0.05) is 61.8 Å². The van der Waals surface area contributed by atoms with Gasteiger partial charge in [0.25, 0.3) is 0 Å². The molecule has 8 heteroatoms. The molecule has 0 radical (unpaired) electrons. The van der Waals surface area contributed by atoms with E-state index >= 15 is 0 Å². The molecule has 1 fully saturated rings. The number of ether oxygens (including phenoxy) is 1. The van der Waals surface area contributed by atoms with Gasteiger partial charge in [-0.25, -0.2) is 9.38 Å². The fraction of sp³-hybridized carbons (Fsp3) is 0.444. The van der Waals surface area contributed by atoms with E-state index in [2.05, 4.69) is 23.7 Å². The number of methoxy groups -OCH3 is 1. The van der Waals surface area contributed by atoms with E-state index in [9.17, 15) is 9.18 Å². The van der Waals surface area contributed by atoms with E-state index in [-0.39, 0.29) is 18.3 Å². The summed E-state index contributed by atoms with van der Waals surface area (Å²) in [7, 11) is 1.63. The predicted octanol–water partition coefficient (Wildman–Crippen LogP) is 4.25. The maximum Gasteiger partial charge on any atom is 0.244 e. The zero-order valence-corrected chi connectivity index (χ0v) is 21.3. The molecule has 0 aliphatic carbocycles. The maximum absolute atomic E-state index is 14.1. The topological polar surface area (TPSA) is 63.0 Å². The van der Waals surface area contributed by atoms with E-state index in [4.69, 9.17) is 9.84 Å². The second kappa shape index (κ2) is 10.5. The number of nitrogens with zero attached hydrogens (tertiary/aromatic N) is 5. The molecule has 2 aromatic rings. The van der Waals surface area contributed by atoms with Crippen LogP contribution >= 0.6 is 0 Å². The lowest BCUT2D eigenvalue weighted by Crippen LogP contribution is -2.49. The Morgan fingerprint density at radius 1 is 1.09 bits per heavy atom. The molecule has 7 nitrogen and oxygen atoms in total. The number of aromatic nitrogens is 2. The van der Waals surface area contributed by atoms with Gasteiger partial charge in [-0.2, -0.15) is 5.10 Å². The van der Waals surface area contributed by atoms with Crippen molar-refractivity contribution in [2.24, 2.45) is 4.99 Å². The Hall–Kier alpha value is -3.42. The molecule has 1 saturated heterocycles. The van der Waals surface area contributed by atoms with E-state index < -0.39 is 0 Å². The number of hydrogen-bond acceptors (Lipinski definition) is 5. The van der Waals surface area contributed by atoms with Crippen molar-refractivity contribution in [3.8, 4) is 11.3 Å². The molecule has 0 unspecified atom stereocenters. The average Bonchev–Trinajstić information content (AvgIpc) is 3.16. The van der Waals surface area contributed by atoms with Crippen LogP contribution in [0.2, 0.25) is 0 Å². The molecule has 4 rings (SSSR count). The number of rotatable bonds is 6. The van der Waals surface area contributed by atoms with Crippen LogP contribution in [-0.2, 0) is 22.5 Å². The van der Waals surface area contributed by atoms with Crippen molar-refractivity contribution in [3.05, 3.63) is 64.1 Å². The summed E-state index contributed by atoms with van der Waals surface area (Å²) in [4.78, 5) is 21.7. The van der Waals surface area contributed by atoms with E-state index in [1.54, 1.807) is 25.6 Å². The normalized spacial score (nSPS) is 16.5. The first-order valence-electron chi connectivity index (χ1n) is 12.1. The summed E-state index contributed by atoms with van der Waals surface area (Å²) in [6.07, 6.45) is 5.40. The van der Waals surface area contributed by atoms with E-state index in [0.29, 0.717) is 30.1 Å². The second-order valence-electron chi connectivity index (χ2n) is 9.19. The van der Waals surface area contributed by atoms with Gasteiger partial charge in [0.15, 0.2) is 0 Å². The molecule has 35 heavy (non-hydrogen) atoms. The third-order valence-electron chi connectivity index (χ3n) is 6.74. The maximum atomic E-state index is 14.1. The molecule has 186 valence electrons. The van der Waals surface area contributed by atoms with Crippen LogP contribution in [0, 0.1) is 19.7 Å². The van der Waals surface area contributed by atoms with Gasteiger partial charge in [0.05, 0.1) is 12.8 Å². The third kappa shape index (κ3) is 5.31. The molecule has 1 amide bonds. The molecular weight excluding hydrogens is 445 g/mol. The summed E-state index contributed by atoms with van der Waals surface area (Å²) in [5.41, 5.74) is 6.19. The third-order valence-corrected chi connectivity index (χ3v) is 6.74. The second-order valence-corrected chi connectivity index (χ2v) is 9.19. The molecule has 0 atom stereocenters. The lowest BCUT2D eigenvalue weighted by Gasteiger charge is -2.37. The highest BCUT2D eigenvalue weighted by atomic mass is 19.1. The van der Waals surface area contributed by atoms with Crippen LogP contribution in [0.4, 0.5) is 4.39 Å². The zero-order chi connectivity index (χ0) is 25.1. The zero-order valence-electron chi connectivity index (χ0n) is 21.3. The number of piperazine rings is 1. The molecule has 1 aromatic carbocycles. The minimum Gasteiger partial charge on any atom is -0.481 e. The van der Waals surface area contributed by atoms with Crippen molar-refractivity contribution in [3.63, 3.8) is 0 Å². The van der Waals surface area contributed by atoms with Crippen LogP contribution in [-0.4, -0.2) is 65.0 Å². The van der Waals surface area contributed by atoms with Crippen molar-refractivity contribution in [2.45, 2.75) is 47.1 Å². The van der Waals surface area contributed by atoms with Crippen LogP contribution in [0.25, 0.3) is 11.3 Å². The van der Waals surface area contributed by atoms with Gasteiger partial charge in [-0.05, 0) is 62.1 Å². The number of halogens is 1. The summed E-state index contributed by atoms with van der Waals surface area (Å²) in [6, 6.07) is 5.63. The molecule has 0 saturated carbocycles. The Morgan fingerprint density at radius 3 is 2.40 bits per heavy atom. The first-order chi connectivity index (χ1) is 16.8. The van der Waals surface area contributed by atoms with Gasteiger partial charge < -0.3 is 14.5 Å². The highest BCUT2D eigenvalue weighted by Gasteiger charge is 2.24. The molecule has 0 spiro atoms. The number of allylic oxidation sites excluding steroid dienone is 2. The highest BCUT2D eigenvalue weighted by molar-refractivity contribution is 5.76. The Kier molecular flexibility index (Phi) is 7.38. The summed E-state index contributed by atoms with van der Waals surface area (Å²) in [5, 5.41) is 4.72. The monoisotopic (exact) mass is 479 g/mol. The minimum absolute atomic E-state index is 0.0588. The van der Waals surface area contributed by atoms with Crippen molar-refractivity contribution >= 4 is 12.1 Å². The molecule has 2 aliphatic rings. The van der Waals surface area contributed by atoms with E-state index in [1.165, 1.54) is 5.57 Å². The predicted molar refractivity (Wildman–Crippen MR) is 136 cm³/mol. The van der Waals surface area contributed by atoms with Crippen LogP contribution in [0.3, 0.4) is 0 Å². The van der Waals surface area contributed by atoms with Crippen molar-refractivity contribution < 1.29 is 13.9 Å². The average molecular weight is 480 g/mol. The SMILES string of the molecule is CCc1cc(-c2cc(C)c(F)c(C)c2)nn1CC(=O)N1CCN(C2=C(C)CC=NC(OC)=C2)CC1. The Morgan fingerprint density at radius 2 is 1.77 bits per heavy atom. The number of carbonyl (C=O) groups excluding carboxylic acids is 1. The first-order valence-corrected chi connectivity index (χ1v) is 12.1. The van der Waals surface area contributed by atoms with Gasteiger partial charge in [-0.1, -0.05) is 6.92 Å². The standard InChI is InChI=1S/C27H34FN5O2/c1-6-22-15-23(21-13-19(3)27(28)20(4)14-21)30-33(22)17-26(34)32-11-9-31(10-12-32)24-16-25(35-5)29-8-7-18(24)2/h8,13-16H,6-7,9-12,17H2,1-5H3. The number of amides is 1. The molecular formula is C27H34FN5O2. The molecule has 3 heterocycles. The van der Waals surface area contributed by atoms with Gasteiger partial charge >= 0.3 is 0 Å². The molecule has 0 bridgehead atoms. The smallest absolute Gasteiger partial charge is 0.244 e. The Bertz CT molecular complexity index is 1180. The van der Waals surface area contributed by atoms with Crippen LogP contribution in [0.1, 0.15) is 37.1 Å². The Labute approximate surface area is 206 Å². The number of aliphatic imine (C=N–C) groups is 1. The number of hydrogen-bond donors (Lipinski definition) is 0. The van der Waals surface area contributed by atoms with Crippen molar-refractivity contribution in [1.82, 2.24) is 19.6 Å². The lowest BCUT2D eigenvalue weighted by molar-refractivity contribution is -0.133. The Balaban J connectivity index is 1.44. The minimum atomic E-state index is -0.186. The fourth-order valence-electron chi connectivity index (χ4n) is 4.66. The summed E-state index contributed by atoms with van der Waals surface area (Å²) >= 11 is 0. The van der Waals surface area contributed by atoms with Crippen LogP contribution in [0.5, 0.6) is 0 Å². The van der Waals surface area contributed by atoms with Crippen LogP contribution < -0.4 is 0 Å². The molecule has 2 aliphatic heterocycles. The fourth-order valence-corrected chi connectivity index (χ4v) is 4.66. The van der Waals surface area contributed by atoms with Gasteiger partial charge in [-0.3, -0.25) is 9.48 Å². The van der Waals surface area contributed by atoms with E-state index in [0.717, 1.165) is 48.6 Å². The van der Waals surface area contributed by atoms with E-state index in [1.807, 2.05) is 35.4 Å². The van der Waals surface area contributed by atoms with Gasteiger partial charge in [0.2, 0.25) is 11.8 Å². The van der Waals surface area contributed by atoms with Crippen LogP contribution in [0.15, 0.2) is 46.4 Å². The summed E-state index contributed by atoms with van der Waals surface area (Å²) in [5.74, 6) is 0.474. The van der Waals surface area contributed by atoms with Crippen molar-refractivity contribution in [2.75, 3.05) is 33.3 Å². The number of carbonyl (C=O) groups is 1. The quantitative estimate of drug-likeness (QED) is 0.622. The van der Waals surface area contributed by atoms with Crippen molar-refractivity contribution in [1.29, 1.82) is 0 Å². The summed E-state index contributed by atoms with van der Waals surface area (Å²) in [6.45, 7) is 10.7. The summed E-state index contributed by atoms with van der Waals surface area (Å²) < 4.78 is 21.2. The number of benzene rings is 1. The largest absolute Gasteiger partial charge is 0.481 e. The molecule has 0 N–H and O–H groups in total. The first kappa shape index (κ1) is 24.7. The van der Waals surface area contributed by atoms with Gasteiger partial charge in [-0.15, -0.1) is 0 Å². The highest BCUT2D eigenvalue weighted by Crippen LogP contribution is 2.25. The lowest BCUT2D eigenvalue weighted by atomic mass is 10.0. The van der Waals surface area contributed by atoms with Gasteiger partial charge in [0.1, 0.15) is 12.4 Å². The number of aryl methyl sites for hydroxylation is 3.